The van der Waals surface area contributed by atoms with Crippen molar-refractivity contribution in [2.45, 2.75) is 17.7 Å². The molecule has 0 aromatic heterocycles. The summed E-state index contributed by atoms with van der Waals surface area (Å²) in [6.07, 6.45) is 1.72. The molecule has 0 amide bonds. The second-order valence-electron chi connectivity index (χ2n) is 2.33. The second kappa shape index (κ2) is 2.80. The lowest BCUT2D eigenvalue weighted by molar-refractivity contribution is -0.121. The average molecular weight is 193 g/mol. The minimum atomic E-state index is -0.0885. The van der Waals surface area contributed by atoms with E-state index < -0.39 is 0 Å². The summed E-state index contributed by atoms with van der Waals surface area (Å²) in [5, 5.41) is 8.61. The molecule has 1 rings (SSSR count). The van der Waals surface area contributed by atoms with Crippen LogP contribution in [0.2, 0.25) is 0 Å². The van der Waals surface area contributed by atoms with Gasteiger partial charge in [0.25, 0.3) is 0 Å². The molecule has 1 N–H and O–H groups in total. The van der Waals surface area contributed by atoms with Gasteiger partial charge < -0.3 is 5.11 Å². The maximum Gasteiger partial charge on any atom is 0.151 e. The quantitative estimate of drug-likeness (QED) is 0.623. The summed E-state index contributed by atoms with van der Waals surface area (Å²) in [7, 11) is 0. The van der Waals surface area contributed by atoms with Crippen molar-refractivity contribution in [3.05, 3.63) is 0 Å². The van der Waals surface area contributed by atoms with Gasteiger partial charge in [-0.05, 0) is 12.8 Å². The first-order valence-corrected chi connectivity index (χ1v) is 3.96. The number of halogens is 1. The highest BCUT2D eigenvalue weighted by Gasteiger charge is 2.31. The summed E-state index contributed by atoms with van der Waals surface area (Å²) in [5.41, 5.74) is 0. The van der Waals surface area contributed by atoms with Crippen LogP contribution in [0.4, 0.5) is 0 Å². The number of carbonyl (C=O) groups is 1. The minimum absolute atomic E-state index is 0.00894. The maximum absolute atomic E-state index is 10.9. The summed E-state index contributed by atoms with van der Waals surface area (Å²) in [6.45, 7) is 0.0148. The van der Waals surface area contributed by atoms with Crippen molar-refractivity contribution in [3.63, 3.8) is 0 Å². The maximum atomic E-state index is 10.9. The number of aliphatic hydroxyl groups is 1. The van der Waals surface area contributed by atoms with E-state index in [0.29, 0.717) is 0 Å². The van der Waals surface area contributed by atoms with Crippen LogP contribution in [0.15, 0.2) is 0 Å². The Labute approximate surface area is 62.4 Å². The van der Waals surface area contributed by atoms with E-state index in [1.807, 2.05) is 0 Å². The number of ketones is 1. The van der Waals surface area contributed by atoms with Gasteiger partial charge in [-0.2, -0.15) is 0 Å². The second-order valence-corrected chi connectivity index (χ2v) is 3.43. The van der Waals surface area contributed by atoms with Crippen molar-refractivity contribution in [3.8, 4) is 0 Å². The molecule has 0 bridgehead atoms. The Bertz CT molecular complexity index is 124. The molecule has 52 valence electrons. The molecule has 0 aromatic rings. The van der Waals surface area contributed by atoms with Crippen LogP contribution in [0.25, 0.3) is 0 Å². The van der Waals surface area contributed by atoms with Gasteiger partial charge in [-0.1, -0.05) is 15.9 Å². The molecule has 1 fully saturated rings. The van der Waals surface area contributed by atoms with E-state index in [9.17, 15) is 4.79 Å². The van der Waals surface area contributed by atoms with Gasteiger partial charge in [0.2, 0.25) is 0 Å². The molecule has 0 aromatic carbocycles. The Morgan fingerprint density at radius 1 is 1.67 bits per heavy atom. The van der Waals surface area contributed by atoms with Crippen molar-refractivity contribution in [2.24, 2.45) is 5.92 Å². The molecule has 0 unspecified atom stereocenters. The fourth-order valence-corrected chi connectivity index (χ4v) is 1.71. The highest BCUT2D eigenvalue weighted by Crippen LogP contribution is 2.26. The van der Waals surface area contributed by atoms with E-state index in [4.69, 9.17) is 5.11 Å². The van der Waals surface area contributed by atoms with Gasteiger partial charge in [0.1, 0.15) is 0 Å². The van der Waals surface area contributed by atoms with Gasteiger partial charge in [0.05, 0.1) is 11.4 Å². The van der Waals surface area contributed by atoms with Crippen molar-refractivity contribution < 1.29 is 9.90 Å². The van der Waals surface area contributed by atoms with Gasteiger partial charge >= 0.3 is 0 Å². The number of hydrogen-bond acceptors (Lipinski definition) is 2. The Morgan fingerprint density at radius 2 is 2.33 bits per heavy atom. The minimum Gasteiger partial charge on any atom is -0.396 e. The van der Waals surface area contributed by atoms with E-state index in [1.54, 1.807) is 0 Å². The molecule has 0 heterocycles. The number of carbonyl (C=O) groups excluding carboxylic acids is 1. The third-order valence-corrected chi connectivity index (χ3v) is 2.61. The Hall–Kier alpha value is 0.110. The van der Waals surface area contributed by atoms with Crippen LogP contribution < -0.4 is 0 Å². The smallest absolute Gasteiger partial charge is 0.151 e. The molecule has 0 saturated heterocycles. The molecule has 1 aliphatic rings. The summed E-state index contributed by atoms with van der Waals surface area (Å²) < 4.78 is 0. The van der Waals surface area contributed by atoms with Crippen LogP contribution in [-0.4, -0.2) is 22.3 Å². The highest BCUT2D eigenvalue weighted by molar-refractivity contribution is 9.10. The van der Waals surface area contributed by atoms with Gasteiger partial charge in [-0.25, -0.2) is 0 Å². The monoisotopic (exact) mass is 192 g/mol. The van der Waals surface area contributed by atoms with E-state index in [0.717, 1.165) is 12.8 Å². The molecule has 1 saturated carbocycles. The lowest BCUT2D eigenvalue weighted by Gasteiger charge is -2.00. The summed E-state index contributed by atoms with van der Waals surface area (Å²) in [5.74, 6) is 0.0758. The van der Waals surface area contributed by atoms with Crippen LogP contribution in [0.3, 0.4) is 0 Å². The highest BCUT2D eigenvalue weighted by atomic mass is 79.9. The first-order valence-electron chi connectivity index (χ1n) is 3.04. The SMILES string of the molecule is O=C1[C@H](CO)CC[C@@H]1Br. The van der Waals surface area contributed by atoms with Crippen LogP contribution in [0, 0.1) is 5.92 Å². The number of Topliss-reactive ketones (excluding diaryl/α,β-unsaturated/α-hetero) is 1. The topological polar surface area (TPSA) is 37.3 Å². The summed E-state index contributed by atoms with van der Waals surface area (Å²) in [6, 6.07) is 0. The fraction of sp³-hybridized carbons (Fsp3) is 0.833. The summed E-state index contributed by atoms with van der Waals surface area (Å²) >= 11 is 3.22. The van der Waals surface area contributed by atoms with Crippen LogP contribution in [0.5, 0.6) is 0 Å². The normalized spacial score (nSPS) is 35.6. The van der Waals surface area contributed by atoms with Crippen molar-refractivity contribution in [2.75, 3.05) is 6.61 Å². The number of alkyl halides is 1. The number of hydrogen-bond donors (Lipinski definition) is 1. The Kier molecular flexibility index (Phi) is 2.24. The van der Waals surface area contributed by atoms with Gasteiger partial charge in [0.15, 0.2) is 5.78 Å². The zero-order valence-corrected chi connectivity index (χ0v) is 6.60. The molecule has 2 nitrogen and oxygen atoms in total. The van der Waals surface area contributed by atoms with Gasteiger partial charge in [0, 0.05) is 5.92 Å². The van der Waals surface area contributed by atoms with E-state index in [1.165, 1.54) is 0 Å². The van der Waals surface area contributed by atoms with E-state index in [2.05, 4.69) is 15.9 Å². The largest absolute Gasteiger partial charge is 0.396 e. The summed E-state index contributed by atoms with van der Waals surface area (Å²) in [4.78, 5) is 10.9. The van der Waals surface area contributed by atoms with Crippen LogP contribution >= 0.6 is 15.9 Å². The number of rotatable bonds is 1. The van der Waals surface area contributed by atoms with Gasteiger partial charge in [-0.15, -0.1) is 0 Å². The molecule has 1 aliphatic carbocycles. The lowest BCUT2D eigenvalue weighted by atomic mass is 10.1. The lowest BCUT2D eigenvalue weighted by Crippen LogP contribution is -2.16. The molecule has 0 aliphatic heterocycles. The van der Waals surface area contributed by atoms with Crippen LogP contribution in [0.1, 0.15) is 12.8 Å². The zero-order valence-electron chi connectivity index (χ0n) is 5.01. The zero-order chi connectivity index (χ0) is 6.85. The molecule has 0 radical (unpaired) electrons. The molecule has 0 spiro atoms. The van der Waals surface area contributed by atoms with Crippen molar-refractivity contribution >= 4 is 21.7 Å². The van der Waals surface area contributed by atoms with Crippen molar-refractivity contribution in [1.82, 2.24) is 0 Å². The number of aliphatic hydroxyl groups excluding tert-OH is 1. The molecule has 2 atom stereocenters. The van der Waals surface area contributed by atoms with Gasteiger partial charge in [-0.3, -0.25) is 4.79 Å². The van der Waals surface area contributed by atoms with Crippen LogP contribution in [-0.2, 0) is 4.79 Å². The Balaban J connectivity index is 2.51. The average Bonchev–Trinajstić information content (AvgIpc) is 2.15. The molecular formula is C6H9BrO2. The molecule has 9 heavy (non-hydrogen) atoms. The Morgan fingerprint density at radius 3 is 2.56 bits per heavy atom. The first-order chi connectivity index (χ1) is 4.25. The van der Waals surface area contributed by atoms with Crippen molar-refractivity contribution in [1.29, 1.82) is 0 Å². The predicted octanol–water partition coefficient (Wildman–Crippen LogP) is 0.721. The molecular weight excluding hydrogens is 184 g/mol. The third-order valence-electron chi connectivity index (χ3n) is 1.70. The van der Waals surface area contributed by atoms with E-state index in [-0.39, 0.29) is 23.1 Å². The third kappa shape index (κ3) is 1.33. The predicted molar refractivity (Wildman–Crippen MR) is 37.5 cm³/mol. The molecule has 3 heteroatoms. The first kappa shape index (κ1) is 7.22. The van der Waals surface area contributed by atoms with E-state index >= 15 is 0 Å². The standard InChI is InChI=1S/C6H9BrO2/c7-5-2-1-4(3-8)6(5)9/h4-5,8H,1-3H2/t4-,5-/m0/s1. The fourth-order valence-electron chi connectivity index (χ4n) is 1.07.